The van der Waals surface area contributed by atoms with E-state index in [0.29, 0.717) is 5.69 Å². The number of aromatic nitrogens is 2. The quantitative estimate of drug-likeness (QED) is 0.860. The zero-order chi connectivity index (χ0) is 12.3. The number of aryl methyl sites for hydroxylation is 1. The molecule has 0 spiro atoms. The van der Waals surface area contributed by atoms with Gasteiger partial charge in [0.05, 0.1) is 11.4 Å². The molecule has 0 saturated carbocycles. The molecule has 2 aromatic rings. The average molecular weight is 291 g/mol. The second-order valence-electron chi connectivity index (χ2n) is 3.56. The molecule has 0 aliphatic rings. The van der Waals surface area contributed by atoms with Gasteiger partial charge in [0.15, 0.2) is 0 Å². The molecular weight excluding hydrogens is 280 g/mol. The highest BCUT2D eigenvalue weighted by molar-refractivity contribution is 9.10. The van der Waals surface area contributed by atoms with Crippen LogP contribution in [0.4, 0.5) is 0 Å². The molecule has 1 aromatic heterocycles. The Kier molecular flexibility index (Phi) is 3.54. The van der Waals surface area contributed by atoms with E-state index in [1.165, 1.54) is 0 Å². The second-order valence-corrected chi connectivity index (χ2v) is 4.48. The van der Waals surface area contributed by atoms with Gasteiger partial charge in [-0.05, 0) is 19.1 Å². The first-order chi connectivity index (χ1) is 8.16. The van der Waals surface area contributed by atoms with E-state index in [1.54, 1.807) is 18.5 Å². The summed E-state index contributed by atoms with van der Waals surface area (Å²) in [7, 11) is 0. The second kappa shape index (κ2) is 5.10. The normalized spacial score (nSPS) is 11.5. The molecule has 0 unspecified atom stereocenters. The standard InChI is InChI=1S/C13H11BrN2O/c1-9-12(16-7-6-15-9)8-13(17)10-2-4-11(14)5-3-10/h2-8,17H,1H3/b13-8-. The van der Waals surface area contributed by atoms with E-state index >= 15 is 0 Å². The minimum absolute atomic E-state index is 0.182. The van der Waals surface area contributed by atoms with Crippen molar-refractivity contribution in [1.29, 1.82) is 0 Å². The van der Waals surface area contributed by atoms with Crippen LogP contribution in [0.2, 0.25) is 0 Å². The van der Waals surface area contributed by atoms with Gasteiger partial charge in [0.25, 0.3) is 0 Å². The number of hydrogen-bond acceptors (Lipinski definition) is 3. The van der Waals surface area contributed by atoms with Crippen LogP contribution in [0.25, 0.3) is 11.8 Å². The van der Waals surface area contributed by atoms with Crippen molar-refractivity contribution in [3.8, 4) is 0 Å². The van der Waals surface area contributed by atoms with E-state index in [0.717, 1.165) is 15.7 Å². The number of aliphatic hydroxyl groups is 1. The molecule has 3 nitrogen and oxygen atoms in total. The van der Waals surface area contributed by atoms with E-state index in [-0.39, 0.29) is 5.76 Å². The Labute approximate surface area is 108 Å². The summed E-state index contributed by atoms with van der Waals surface area (Å²) in [6.45, 7) is 1.85. The zero-order valence-electron chi connectivity index (χ0n) is 9.26. The molecular formula is C13H11BrN2O. The van der Waals surface area contributed by atoms with Crippen LogP contribution in [0.5, 0.6) is 0 Å². The highest BCUT2D eigenvalue weighted by Gasteiger charge is 2.02. The molecule has 4 heteroatoms. The maximum atomic E-state index is 9.97. The Bertz CT molecular complexity index is 550. The lowest BCUT2D eigenvalue weighted by atomic mass is 10.1. The molecule has 0 radical (unpaired) electrons. The Morgan fingerprint density at radius 3 is 2.47 bits per heavy atom. The molecule has 2 rings (SSSR count). The van der Waals surface area contributed by atoms with Gasteiger partial charge in [0.2, 0.25) is 0 Å². The van der Waals surface area contributed by atoms with Gasteiger partial charge in [0, 0.05) is 28.5 Å². The fraction of sp³-hybridized carbons (Fsp3) is 0.0769. The molecule has 1 heterocycles. The SMILES string of the molecule is Cc1nccnc1/C=C(\O)c1ccc(Br)cc1. The van der Waals surface area contributed by atoms with E-state index < -0.39 is 0 Å². The summed E-state index contributed by atoms with van der Waals surface area (Å²) in [4.78, 5) is 8.27. The molecule has 86 valence electrons. The van der Waals surface area contributed by atoms with Crippen molar-refractivity contribution < 1.29 is 5.11 Å². The molecule has 1 N–H and O–H groups in total. The first-order valence-corrected chi connectivity index (χ1v) is 5.90. The minimum atomic E-state index is 0.182. The first kappa shape index (κ1) is 11.8. The van der Waals surface area contributed by atoms with Crippen molar-refractivity contribution in [2.24, 2.45) is 0 Å². The summed E-state index contributed by atoms with van der Waals surface area (Å²) >= 11 is 3.35. The van der Waals surface area contributed by atoms with Crippen molar-refractivity contribution in [2.45, 2.75) is 6.92 Å². The van der Waals surface area contributed by atoms with Crippen molar-refractivity contribution >= 4 is 27.8 Å². The van der Waals surface area contributed by atoms with E-state index in [2.05, 4.69) is 25.9 Å². The summed E-state index contributed by atoms with van der Waals surface area (Å²) in [6.07, 6.45) is 4.85. The third-order valence-corrected chi connectivity index (χ3v) is 2.86. The zero-order valence-corrected chi connectivity index (χ0v) is 10.8. The molecule has 17 heavy (non-hydrogen) atoms. The van der Waals surface area contributed by atoms with Gasteiger partial charge in [-0.3, -0.25) is 9.97 Å². The van der Waals surface area contributed by atoms with Crippen LogP contribution < -0.4 is 0 Å². The Morgan fingerprint density at radius 1 is 1.18 bits per heavy atom. The number of aliphatic hydroxyl groups excluding tert-OH is 1. The maximum absolute atomic E-state index is 9.97. The molecule has 0 aliphatic heterocycles. The van der Waals surface area contributed by atoms with Gasteiger partial charge in [0.1, 0.15) is 5.76 Å². The van der Waals surface area contributed by atoms with Crippen LogP contribution in [0, 0.1) is 6.92 Å². The predicted molar refractivity (Wildman–Crippen MR) is 71.4 cm³/mol. The Morgan fingerprint density at radius 2 is 1.82 bits per heavy atom. The van der Waals surface area contributed by atoms with E-state index in [1.807, 2.05) is 31.2 Å². The molecule has 1 aromatic carbocycles. The molecule has 0 saturated heterocycles. The van der Waals surface area contributed by atoms with Crippen molar-refractivity contribution in [3.63, 3.8) is 0 Å². The lowest BCUT2D eigenvalue weighted by Crippen LogP contribution is -1.91. The van der Waals surface area contributed by atoms with Crippen LogP contribution in [0.1, 0.15) is 17.0 Å². The topological polar surface area (TPSA) is 46.0 Å². The number of rotatable bonds is 2. The van der Waals surface area contributed by atoms with Crippen LogP contribution in [-0.4, -0.2) is 15.1 Å². The largest absolute Gasteiger partial charge is 0.507 e. The summed E-state index contributed by atoms with van der Waals surface area (Å²) in [5.41, 5.74) is 2.21. The maximum Gasteiger partial charge on any atom is 0.125 e. The highest BCUT2D eigenvalue weighted by atomic mass is 79.9. The number of hydrogen-bond donors (Lipinski definition) is 1. The molecule has 0 aliphatic carbocycles. The van der Waals surface area contributed by atoms with Crippen LogP contribution in [0.15, 0.2) is 41.1 Å². The van der Waals surface area contributed by atoms with Gasteiger partial charge in [-0.25, -0.2) is 0 Å². The van der Waals surface area contributed by atoms with Gasteiger partial charge in [-0.2, -0.15) is 0 Å². The summed E-state index contributed by atoms with van der Waals surface area (Å²) in [5, 5.41) is 9.97. The number of nitrogens with zero attached hydrogens (tertiary/aromatic N) is 2. The van der Waals surface area contributed by atoms with Crippen LogP contribution in [-0.2, 0) is 0 Å². The fourth-order valence-corrected chi connectivity index (χ4v) is 1.66. The summed E-state index contributed by atoms with van der Waals surface area (Å²) < 4.78 is 0.977. The Hall–Kier alpha value is -1.68. The van der Waals surface area contributed by atoms with E-state index in [9.17, 15) is 5.11 Å². The van der Waals surface area contributed by atoms with E-state index in [4.69, 9.17) is 0 Å². The lowest BCUT2D eigenvalue weighted by molar-refractivity contribution is 0.515. The number of benzene rings is 1. The molecule has 0 bridgehead atoms. The predicted octanol–water partition coefficient (Wildman–Crippen LogP) is 3.60. The molecule has 0 atom stereocenters. The highest BCUT2D eigenvalue weighted by Crippen LogP contribution is 2.18. The molecule has 0 amide bonds. The van der Waals surface area contributed by atoms with Crippen molar-refractivity contribution in [1.82, 2.24) is 9.97 Å². The molecule has 0 fully saturated rings. The third-order valence-electron chi connectivity index (χ3n) is 2.33. The van der Waals surface area contributed by atoms with Gasteiger partial charge in [-0.1, -0.05) is 28.1 Å². The lowest BCUT2D eigenvalue weighted by Gasteiger charge is -2.02. The third kappa shape index (κ3) is 2.91. The van der Waals surface area contributed by atoms with Gasteiger partial charge >= 0.3 is 0 Å². The van der Waals surface area contributed by atoms with Gasteiger partial charge < -0.3 is 5.11 Å². The Balaban J connectivity index is 2.34. The minimum Gasteiger partial charge on any atom is -0.507 e. The monoisotopic (exact) mass is 290 g/mol. The summed E-state index contributed by atoms with van der Waals surface area (Å²) in [5.74, 6) is 0.182. The fourth-order valence-electron chi connectivity index (χ4n) is 1.39. The van der Waals surface area contributed by atoms with Crippen LogP contribution >= 0.6 is 15.9 Å². The van der Waals surface area contributed by atoms with Crippen molar-refractivity contribution in [3.05, 3.63) is 58.1 Å². The summed E-state index contributed by atoms with van der Waals surface area (Å²) in [6, 6.07) is 7.43. The first-order valence-electron chi connectivity index (χ1n) is 5.11. The number of halogens is 1. The van der Waals surface area contributed by atoms with Gasteiger partial charge in [-0.15, -0.1) is 0 Å². The smallest absolute Gasteiger partial charge is 0.125 e. The van der Waals surface area contributed by atoms with Crippen molar-refractivity contribution in [2.75, 3.05) is 0 Å². The van der Waals surface area contributed by atoms with Crippen LogP contribution in [0.3, 0.4) is 0 Å². The average Bonchev–Trinajstić information content (AvgIpc) is 2.33.